The molecule has 146 valence electrons. The summed E-state index contributed by atoms with van der Waals surface area (Å²) < 4.78 is 35.1. The Morgan fingerprint density at radius 3 is 2.71 bits per heavy atom. The number of anilines is 1. The second kappa shape index (κ2) is 7.39. The predicted octanol–water partition coefficient (Wildman–Crippen LogP) is 4.11. The van der Waals surface area contributed by atoms with Crippen LogP contribution in [0.15, 0.2) is 45.7 Å². The van der Waals surface area contributed by atoms with Gasteiger partial charge in [0.15, 0.2) is 16.7 Å². The van der Waals surface area contributed by atoms with Crippen LogP contribution in [0.5, 0.6) is 0 Å². The molecule has 0 spiro atoms. The summed E-state index contributed by atoms with van der Waals surface area (Å²) in [6.45, 7) is 5.61. The van der Waals surface area contributed by atoms with Gasteiger partial charge >= 0.3 is 0 Å². The average Bonchev–Trinajstić information content (AvgIpc) is 3.05. The number of hydrogen-bond acceptors (Lipinski definition) is 4. The number of aryl methyl sites for hydroxylation is 2. The van der Waals surface area contributed by atoms with E-state index in [2.05, 4.69) is 4.72 Å². The number of nitrogens with one attached hydrogen (secondary N) is 1. The van der Waals surface area contributed by atoms with Crippen molar-refractivity contribution in [3.63, 3.8) is 0 Å². The summed E-state index contributed by atoms with van der Waals surface area (Å²) in [7, 11) is -1.73. The Labute approximate surface area is 165 Å². The van der Waals surface area contributed by atoms with Crippen LogP contribution in [-0.2, 0) is 17.4 Å². The first kappa shape index (κ1) is 18.7. The molecule has 0 radical (unpaired) electrons. The Kier molecular flexibility index (Phi) is 4.93. The van der Waals surface area contributed by atoms with E-state index >= 15 is 0 Å². The molecule has 1 N–H and O–H groups in total. The number of halogens is 1. The van der Waals surface area contributed by atoms with Gasteiger partial charge in [0, 0.05) is 30.9 Å². The van der Waals surface area contributed by atoms with E-state index in [4.69, 9.17) is 4.42 Å². The summed E-state index contributed by atoms with van der Waals surface area (Å²) >= 11 is 0. The van der Waals surface area contributed by atoms with Gasteiger partial charge in [0.25, 0.3) is 5.91 Å². The average molecular weight is 400 g/mol. The number of benzene rings is 2. The summed E-state index contributed by atoms with van der Waals surface area (Å²) in [6.07, 6.45) is 1.89. The van der Waals surface area contributed by atoms with Crippen molar-refractivity contribution in [2.75, 3.05) is 18.0 Å². The van der Waals surface area contributed by atoms with Crippen molar-refractivity contribution in [2.45, 2.75) is 31.6 Å². The molecule has 1 amide bonds. The molecule has 1 fully saturated rings. The largest absolute Gasteiger partial charge is 0.451 e. The second-order valence-corrected chi connectivity index (χ2v) is 8.13. The molecule has 4 rings (SSSR count). The van der Waals surface area contributed by atoms with Gasteiger partial charge in [0.2, 0.25) is 0 Å². The van der Waals surface area contributed by atoms with E-state index in [0.717, 1.165) is 42.7 Å². The molecular formula is C21H21FN2O3S. The fourth-order valence-corrected chi connectivity index (χ4v) is 4.20. The highest BCUT2D eigenvalue weighted by Gasteiger charge is 2.21. The van der Waals surface area contributed by atoms with Crippen LogP contribution in [0.3, 0.4) is 0 Å². The van der Waals surface area contributed by atoms with Gasteiger partial charge in [0.05, 0.1) is 10.3 Å². The third kappa shape index (κ3) is 3.42. The lowest BCUT2D eigenvalue weighted by molar-refractivity contribution is 0.0958. The van der Waals surface area contributed by atoms with E-state index in [1.165, 1.54) is 12.1 Å². The van der Waals surface area contributed by atoms with Gasteiger partial charge in [-0.15, -0.1) is 0 Å². The Hall–Kier alpha value is -2.67. The lowest BCUT2D eigenvalue weighted by Gasteiger charge is -2.33. The fraction of sp³-hybridized carbons (Fsp3) is 0.286. The first-order valence-corrected chi connectivity index (χ1v) is 10.4. The Bertz CT molecular complexity index is 1090. The fourth-order valence-electron chi connectivity index (χ4n) is 3.21. The van der Waals surface area contributed by atoms with Crippen LogP contribution in [0.1, 0.15) is 35.0 Å². The lowest BCUT2D eigenvalue weighted by Crippen LogP contribution is -2.36. The molecule has 1 aliphatic rings. The monoisotopic (exact) mass is 400 g/mol. The van der Waals surface area contributed by atoms with Gasteiger partial charge in [-0.25, -0.2) is 8.60 Å². The van der Waals surface area contributed by atoms with Gasteiger partial charge in [-0.05, 0) is 43.0 Å². The topological polar surface area (TPSA) is 62.6 Å². The molecule has 0 bridgehead atoms. The van der Waals surface area contributed by atoms with Gasteiger partial charge in [-0.3, -0.25) is 9.52 Å². The summed E-state index contributed by atoms with van der Waals surface area (Å²) in [5.74, 6) is -1.14. The molecule has 1 aliphatic heterocycles. The van der Waals surface area contributed by atoms with Crippen molar-refractivity contribution in [3.8, 4) is 0 Å². The lowest BCUT2D eigenvalue weighted by atomic mass is 10.1. The zero-order chi connectivity index (χ0) is 19.8. The predicted molar refractivity (Wildman–Crippen MR) is 107 cm³/mol. The maximum Gasteiger partial charge on any atom is 0.298 e. The number of amides is 1. The maximum absolute atomic E-state index is 14.4. The molecule has 1 atom stereocenters. The van der Waals surface area contributed by atoms with Gasteiger partial charge < -0.3 is 9.32 Å². The molecular weight excluding hydrogens is 379 g/mol. The van der Waals surface area contributed by atoms with Crippen molar-refractivity contribution in [2.24, 2.45) is 0 Å². The zero-order valence-electron chi connectivity index (χ0n) is 15.8. The Balaban J connectivity index is 1.58. The first-order chi connectivity index (χ1) is 13.5. The minimum Gasteiger partial charge on any atom is -0.451 e. The minimum absolute atomic E-state index is 0.0627. The Morgan fingerprint density at radius 1 is 1.25 bits per heavy atom. The summed E-state index contributed by atoms with van der Waals surface area (Å²) in [6, 6.07) is 10.2. The number of carbonyl (C=O) groups excluding carboxylic acids is 1. The van der Waals surface area contributed by atoms with Crippen LogP contribution < -0.4 is 9.62 Å². The number of carbonyl (C=O) groups is 1. The van der Waals surface area contributed by atoms with Crippen LogP contribution in [0.4, 0.5) is 10.1 Å². The Morgan fingerprint density at radius 2 is 2.04 bits per heavy atom. The van der Waals surface area contributed by atoms with Crippen LogP contribution in [0.25, 0.3) is 11.0 Å². The van der Waals surface area contributed by atoms with Crippen molar-refractivity contribution in [1.29, 1.82) is 0 Å². The number of furan rings is 1. The van der Waals surface area contributed by atoms with Gasteiger partial charge in [0.1, 0.15) is 11.4 Å². The molecule has 28 heavy (non-hydrogen) atoms. The zero-order valence-corrected chi connectivity index (χ0v) is 16.6. The number of fused-ring (bicyclic) bond motifs is 1. The van der Waals surface area contributed by atoms with Crippen LogP contribution in [0.2, 0.25) is 0 Å². The normalized spacial score (nSPS) is 14.8. The molecule has 2 aromatic carbocycles. The third-order valence-electron chi connectivity index (χ3n) is 5.06. The maximum atomic E-state index is 14.4. The first-order valence-electron chi connectivity index (χ1n) is 9.26. The molecule has 5 nitrogen and oxygen atoms in total. The van der Waals surface area contributed by atoms with E-state index in [0.29, 0.717) is 10.5 Å². The molecule has 1 saturated heterocycles. The summed E-state index contributed by atoms with van der Waals surface area (Å²) in [5, 5.41) is 0.240. The number of rotatable bonds is 5. The van der Waals surface area contributed by atoms with Crippen molar-refractivity contribution >= 4 is 33.5 Å². The second-order valence-electron chi connectivity index (χ2n) is 6.94. The van der Waals surface area contributed by atoms with E-state index in [1.807, 2.05) is 36.9 Å². The molecule has 1 aromatic heterocycles. The standard InChI is InChI=1S/C21H21FN2O3S/c1-3-14-6-5-13(2)20(9-14)28(26)23-21(25)19-12-16-17(22)10-15(11-18(16)27-19)24-7-4-8-24/h5-6,9-12H,3-4,7-8H2,1-2H3,(H,23,25). The van der Waals surface area contributed by atoms with Crippen LogP contribution in [0, 0.1) is 12.7 Å². The highest BCUT2D eigenvalue weighted by atomic mass is 32.2. The highest BCUT2D eigenvalue weighted by Crippen LogP contribution is 2.30. The minimum atomic E-state index is -1.73. The number of nitrogens with zero attached hydrogens (tertiary/aromatic N) is 1. The van der Waals surface area contributed by atoms with E-state index < -0.39 is 22.7 Å². The molecule has 0 aliphatic carbocycles. The van der Waals surface area contributed by atoms with E-state index in [1.54, 1.807) is 6.07 Å². The van der Waals surface area contributed by atoms with Gasteiger partial charge in [-0.1, -0.05) is 19.1 Å². The van der Waals surface area contributed by atoms with E-state index in [9.17, 15) is 13.4 Å². The summed E-state index contributed by atoms with van der Waals surface area (Å²) in [4.78, 5) is 15.1. The van der Waals surface area contributed by atoms with Crippen LogP contribution in [-0.4, -0.2) is 23.2 Å². The van der Waals surface area contributed by atoms with Crippen molar-refractivity contribution < 1.29 is 17.8 Å². The van der Waals surface area contributed by atoms with Crippen LogP contribution >= 0.6 is 0 Å². The van der Waals surface area contributed by atoms with Gasteiger partial charge in [-0.2, -0.15) is 0 Å². The van der Waals surface area contributed by atoms with Crippen molar-refractivity contribution in [3.05, 3.63) is 59.1 Å². The molecule has 3 aromatic rings. The van der Waals surface area contributed by atoms with Crippen molar-refractivity contribution in [1.82, 2.24) is 4.72 Å². The molecule has 0 saturated carbocycles. The van der Waals surface area contributed by atoms with E-state index in [-0.39, 0.29) is 11.1 Å². The summed E-state index contributed by atoms with van der Waals surface area (Å²) in [5.41, 5.74) is 2.91. The number of hydrogen-bond donors (Lipinski definition) is 1. The highest BCUT2D eigenvalue weighted by molar-refractivity contribution is 7.83. The quantitative estimate of drug-likeness (QED) is 0.700. The smallest absolute Gasteiger partial charge is 0.298 e. The molecule has 2 heterocycles. The molecule has 1 unspecified atom stereocenters. The molecule has 7 heteroatoms. The third-order valence-corrected chi connectivity index (χ3v) is 6.27. The SMILES string of the molecule is CCc1ccc(C)c(S(=O)NC(=O)c2cc3c(F)cc(N4CCC4)cc3o2)c1.